The van der Waals surface area contributed by atoms with E-state index < -0.39 is 0 Å². The van der Waals surface area contributed by atoms with Crippen molar-refractivity contribution in [1.82, 2.24) is 0 Å². The van der Waals surface area contributed by atoms with Crippen molar-refractivity contribution in [2.75, 3.05) is 11.1 Å². The first kappa shape index (κ1) is 8.36. The van der Waals surface area contributed by atoms with Gasteiger partial charge in [0.1, 0.15) is 0 Å². The van der Waals surface area contributed by atoms with E-state index in [1.54, 1.807) is 0 Å². The summed E-state index contributed by atoms with van der Waals surface area (Å²) in [5.74, 6) is 0. The highest BCUT2D eigenvalue weighted by molar-refractivity contribution is 5.80. The second-order valence-corrected chi connectivity index (χ2v) is 3.84. The van der Waals surface area contributed by atoms with E-state index >= 15 is 0 Å². The first-order valence-electron chi connectivity index (χ1n) is 5.07. The predicted octanol–water partition coefficient (Wildman–Crippen LogP) is 2.92. The summed E-state index contributed by atoms with van der Waals surface area (Å²) in [6.07, 6.45) is 0.962. The van der Waals surface area contributed by atoms with E-state index in [2.05, 4.69) is 29.6 Å². The summed E-state index contributed by atoms with van der Waals surface area (Å²) in [6, 6.07) is 14.4. The third kappa shape index (κ3) is 1.26. The summed E-state index contributed by atoms with van der Waals surface area (Å²) in [4.78, 5) is 0. The van der Waals surface area contributed by atoms with Gasteiger partial charge in [0.2, 0.25) is 0 Å². The second-order valence-electron chi connectivity index (χ2n) is 3.84. The van der Waals surface area contributed by atoms with Gasteiger partial charge in [0, 0.05) is 12.1 Å². The molecule has 2 nitrogen and oxygen atoms in total. The number of anilines is 3. The molecule has 0 aliphatic carbocycles. The molecule has 3 rings (SSSR count). The Hall–Kier alpha value is -1.96. The van der Waals surface area contributed by atoms with Crippen LogP contribution in [-0.4, -0.2) is 0 Å². The van der Waals surface area contributed by atoms with Crippen molar-refractivity contribution >= 4 is 17.1 Å². The Morgan fingerprint density at radius 3 is 2.67 bits per heavy atom. The topological polar surface area (TPSA) is 38.0 Å². The Morgan fingerprint density at radius 1 is 0.933 bits per heavy atom. The van der Waals surface area contributed by atoms with Gasteiger partial charge in [0.05, 0.1) is 11.4 Å². The van der Waals surface area contributed by atoms with Gasteiger partial charge in [-0.2, -0.15) is 0 Å². The maximum absolute atomic E-state index is 5.94. The molecule has 0 bridgehead atoms. The summed E-state index contributed by atoms with van der Waals surface area (Å²) < 4.78 is 0. The smallest absolute Gasteiger partial charge is 0.0653 e. The molecular formula is C13H12N2. The van der Waals surface area contributed by atoms with Crippen LogP contribution in [-0.2, 0) is 6.42 Å². The molecule has 0 amide bonds. The lowest BCUT2D eigenvalue weighted by molar-refractivity contribution is 1.16. The number of nitrogens with one attached hydrogen (secondary N) is 1. The molecule has 0 fully saturated rings. The van der Waals surface area contributed by atoms with Crippen molar-refractivity contribution in [2.45, 2.75) is 6.42 Å². The van der Waals surface area contributed by atoms with Crippen LogP contribution < -0.4 is 11.1 Å². The Morgan fingerprint density at radius 2 is 1.73 bits per heavy atom. The molecular weight excluding hydrogens is 184 g/mol. The second kappa shape index (κ2) is 3.02. The molecule has 1 heterocycles. The Kier molecular flexibility index (Phi) is 1.68. The molecule has 2 aromatic rings. The van der Waals surface area contributed by atoms with E-state index in [0.717, 1.165) is 17.8 Å². The summed E-state index contributed by atoms with van der Waals surface area (Å²) >= 11 is 0. The Labute approximate surface area is 88.7 Å². The minimum atomic E-state index is 0.821. The van der Waals surface area contributed by atoms with Crippen LogP contribution >= 0.6 is 0 Å². The number of benzene rings is 2. The molecule has 0 radical (unpaired) electrons. The first-order valence-corrected chi connectivity index (χ1v) is 5.07. The van der Waals surface area contributed by atoms with Crippen molar-refractivity contribution in [3.63, 3.8) is 0 Å². The van der Waals surface area contributed by atoms with Gasteiger partial charge >= 0.3 is 0 Å². The summed E-state index contributed by atoms with van der Waals surface area (Å²) in [5.41, 5.74) is 11.6. The van der Waals surface area contributed by atoms with Crippen LogP contribution in [0.5, 0.6) is 0 Å². The predicted molar refractivity (Wildman–Crippen MR) is 63.4 cm³/mol. The fourth-order valence-electron chi connectivity index (χ4n) is 2.06. The lowest BCUT2D eigenvalue weighted by Gasteiger charge is -2.22. The van der Waals surface area contributed by atoms with Crippen LogP contribution in [0.2, 0.25) is 0 Å². The molecule has 74 valence electrons. The third-order valence-electron chi connectivity index (χ3n) is 2.84. The fourth-order valence-corrected chi connectivity index (χ4v) is 2.06. The zero-order valence-electron chi connectivity index (χ0n) is 8.33. The van der Waals surface area contributed by atoms with E-state index in [1.165, 1.54) is 16.8 Å². The van der Waals surface area contributed by atoms with Crippen molar-refractivity contribution in [2.24, 2.45) is 0 Å². The number of nitrogen functional groups attached to an aromatic ring is 1. The Bertz CT molecular complexity index is 518. The van der Waals surface area contributed by atoms with Crippen molar-refractivity contribution < 1.29 is 0 Å². The van der Waals surface area contributed by atoms with Gasteiger partial charge in [0.15, 0.2) is 0 Å². The molecule has 2 heteroatoms. The lowest BCUT2D eigenvalue weighted by Crippen LogP contribution is -2.08. The van der Waals surface area contributed by atoms with Gasteiger partial charge in [-0.25, -0.2) is 0 Å². The van der Waals surface area contributed by atoms with E-state index in [9.17, 15) is 0 Å². The minimum Gasteiger partial charge on any atom is -0.397 e. The number of para-hydroxylation sites is 2. The molecule has 0 saturated carbocycles. The van der Waals surface area contributed by atoms with Gasteiger partial charge in [-0.05, 0) is 23.3 Å². The van der Waals surface area contributed by atoms with Gasteiger partial charge in [0.25, 0.3) is 0 Å². The van der Waals surface area contributed by atoms with Crippen molar-refractivity contribution in [1.29, 1.82) is 0 Å². The zero-order chi connectivity index (χ0) is 10.3. The van der Waals surface area contributed by atoms with Crippen LogP contribution in [0.25, 0.3) is 0 Å². The molecule has 3 N–H and O–H groups in total. The van der Waals surface area contributed by atoms with E-state index in [0.29, 0.717) is 0 Å². The SMILES string of the molecule is Nc1cccc2c1Nc1ccccc1C2. The highest BCUT2D eigenvalue weighted by atomic mass is 14.9. The molecule has 1 aliphatic heterocycles. The molecule has 1 aliphatic rings. The van der Waals surface area contributed by atoms with Gasteiger partial charge in [-0.15, -0.1) is 0 Å². The molecule has 0 aromatic heterocycles. The molecule has 0 atom stereocenters. The van der Waals surface area contributed by atoms with Gasteiger partial charge in [-0.1, -0.05) is 30.3 Å². The third-order valence-corrected chi connectivity index (χ3v) is 2.84. The summed E-state index contributed by atoms with van der Waals surface area (Å²) in [6.45, 7) is 0. The first-order chi connectivity index (χ1) is 7.34. The zero-order valence-corrected chi connectivity index (χ0v) is 8.33. The van der Waals surface area contributed by atoms with Crippen molar-refractivity contribution in [3.8, 4) is 0 Å². The number of rotatable bonds is 0. The maximum atomic E-state index is 5.94. The normalized spacial score (nSPS) is 12.5. The molecule has 0 spiro atoms. The van der Waals surface area contributed by atoms with Crippen LogP contribution in [0, 0.1) is 0 Å². The highest BCUT2D eigenvalue weighted by Gasteiger charge is 2.15. The lowest BCUT2D eigenvalue weighted by atomic mass is 9.97. The average Bonchev–Trinajstić information content (AvgIpc) is 2.27. The molecule has 2 aromatic carbocycles. The fraction of sp³-hybridized carbons (Fsp3) is 0.0769. The number of hydrogen-bond donors (Lipinski definition) is 2. The quantitative estimate of drug-likeness (QED) is 0.542. The van der Waals surface area contributed by atoms with E-state index in [1.807, 2.05) is 18.2 Å². The summed E-state index contributed by atoms with van der Waals surface area (Å²) in [7, 11) is 0. The van der Waals surface area contributed by atoms with Crippen molar-refractivity contribution in [3.05, 3.63) is 53.6 Å². The summed E-state index contributed by atoms with van der Waals surface area (Å²) in [5, 5.41) is 3.38. The largest absolute Gasteiger partial charge is 0.397 e. The van der Waals surface area contributed by atoms with Crippen LogP contribution in [0.15, 0.2) is 42.5 Å². The maximum Gasteiger partial charge on any atom is 0.0653 e. The minimum absolute atomic E-state index is 0.821. The van der Waals surface area contributed by atoms with E-state index in [-0.39, 0.29) is 0 Å². The van der Waals surface area contributed by atoms with Crippen LogP contribution in [0.3, 0.4) is 0 Å². The molecule has 0 unspecified atom stereocenters. The van der Waals surface area contributed by atoms with Crippen LogP contribution in [0.1, 0.15) is 11.1 Å². The van der Waals surface area contributed by atoms with Gasteiger partial charge < -0.3 is 11.1 Å². The monoisotopic (exact) mass is 196 g/mol. The number of nitrogens with two attached hydrogens (primary N) is 1. The number of fused-ring (bicyclic) bond motifs is 2. The highest BCUT2D eigenvalue weighted by Crippen LogP contribution is 2.35. The molecule has 15 heavy (non-hydrogen) atoms. The van der Waals surface area contributed by atoms with Crippen LogP contribution in [0.4, 0.5) is 17.1 Å². The van der Waals surface area contributed by atoms with Gasteiger partial charge in [-0.3, -0.25) is 0 Å². The van der Waals surface area contributed by atoms with E-state index in [4.69, 9.17) is 5.73 Å². The average molecular weight is 196 g/mol. The Balaban J connectivity index is 2.15. The molecule has 0 saturated heterocycles. The standard InChI is InChI=1S/C13H12N2/c14-11-6-3-5-10-8-9-4-1-2-7-12(9)15-13(10)11/h1-7,15H,8,14H2. The number of hydrogen-bond acceptors (Lipinski definition) is 2.